The highest BCUT2D eigenvalue weighted by Crippen LogP contribution is 2.39. The number of aryl methyl sites for hydroxylation is 1. The van der Waals surface area contributed by atoms with Crippen molar-refractivity contribution in [2.24, 2.45) is 0 Å². The van der Waals surface area contributed by atoms with Crippen LogP contribution in [0, 0.1) is 6.92 Å². The van der Waals surface area contributed by atoms with Crippen LogP contribution in [0.2, 0.25) is 0 Å². The van der Waals surface area contributed by atoms with Crippen LogP contribution in [0.1, 0.15) is 29.7 Å². The molecule has 1 aromatic heterocycles. The van der Waals surface area contributed by atoms with Crippen molar-refractivity contribution >= 4 is 5.57 Å². The summed E-state index contributed by atoms with van der Waals surface area (Å²) in [6, 6.07) is 19.9. The minimum atomic E-state index is 0.514. The van der Waals surface area contributed by atoms with E-state index in [2.05, 4.69) is 35.3 Å². The van der Waals surface area contributed by atoms with Gasteiger partial charge in [-0.05, 0) is 49.1 Å². The number of aromatic nitrogens is 1. The molecule has 2 aromatic carbocycles. The Morgan fingerprint density at radius 2 is 1.58 bits per heavy atom. The molecule has 0 saturated carbocycles. The van der Waals surface area contributed by atoms with Gasteiger partial charge in [0, 0.05) is 23.5 Å². The van der Waals surface area contributed by atoms with E-state index in [4.69, 9.17) is 14.2 Å². The fourth-order valence-electron chi connectivity index (χ4n) is 3.20. The predicted octanol–water partition coefficient (Wildman–Crippen LogP) is 6.41. The second kappa shape index (κ2) is 11.6. The lowest BCUT2D eigenvalue weighted by atomic mass is 9.98. The second-order valence-electron chi connectivity index (χ2n) is 7.09. The van der Waals surface area contributed by atoms with Crippen molar-refractivity contribution in [2.45, 2.75) is 26.4 Å². The molecule has 0 atom stereocenters. The van der Waals surface area contributed by atoms with Gasteiger partial charge in [0.15, 0.2) is 11.5 Å². The van der Waals surface area contributed by atoms with Crippen LogP contribution in [-0.4, -0.2) is 19.2 Å². The average molecular weight is 416 g/mol. The largest absolute Gasteiger partial charge is 0.493 e. The Labute approximate surface area is 184 Å². The Morgan fingerprint density at radius 1 is 0.839 bits per heavy atom. The summed E-state index contributed by atoms with van der Waals surface area (Å²) in [4.78, 5) is 3.98. The van der Waals surface area contributed by atoms with Gasteiger partial charge < -0.3 is 14.2 Å². The molecule has 0 bridgehead atoms. The van der Waals surface area contributed by atoms with E-state index < -0.39 is 0 Å². The van der Waals surface area contributed by atoms with E-state index in [1.54, 1.807) is 20.4 Å². The van der Waals surface area contributed by atoms with Crippen LogP contribution >= 0.6 is 0 Å². The monoisotopic (exact) mass is 415 g/mol. The number of hydrogen-bond acceptors (Lipinski definition) is 4. The fraction of sp³-hybridized carbons (Fsp3) is 0.222. The molecule has 1 heterocycles. The van der Waals surface area contributed by atoms with Gasteiger partial charge in [-0.15, -0.1) is 0 Å². The maximum absolute atomic E-state index is 6.11. The molecule has 31 heavy (non-hydrogen) atoms. The summed E-state index contributed by atoms with van der Waals surface area (Å²) in [5.41, 5.74) is 4.39. The van der Waals surface area contributed by atoms with Gasteiger partial charge in [0.25, 0.3) is 0 Å². The van der Waals surface area contributed by atoms with Crippen molar-refractivity contribution in [1.29, 1.82) is 0 Å². The molecule has 4 nitrogen and oxygen atoms in total. The topological polar surface area (TPSA) is 40.6 Å². The van der Waals surface area contributed by atoms with E-state index in [1.165, 1.54) is 0 Å². The highest BCUT2D eigenvalue weighted by atomic mass is 16.5. The molecule has 3 aromatic rings. The van der Waals surface area contributed by atoms with Crippen LogP contribution in [0.5, 0.6) is 17.2 Å². The standard InChI is InChI=1S/C21H22O3.C6H7N/c1-22-20-13-18(17-11-7-4-8-12-17)19(14-21(20)23-2)24-15-16-9-5-3-6-10-16;1-6-4-2-3-5-7-6/h3,5-7,9-14H,4,8,15H2,1-2H3;2-5H,1H3. The highest BCUT2D eigenvalue weighted by Gasteiger charge is 2.15. The highest BCUT2D eigenvalue weighted by molar-refractivity contribution is 5.80. The third-order valence-electron chi connectivity index (χ3n) is 4.84. The lowest BCUT2D eigenvalue weighted by Gasteiger charge is -2.17. The van der Waals surface area contributed by atoms with E-state index in [0.29, 0.717) is 18.1 Å². The predicted molar refractivity (Wildman–Crippen MR) is 126 cm³/mol. The molecule has 0 radical (unpaired) electrons. The first-order valence-corrected chi connectivity index (χ1v) is 10.4. The van der Waals surface area contributed by atoms with Gasteiger partial charge >= 0.3 is 0 Å². The van der Waals surface area contributed by atoms with Gasteiger partial charge in [-0.3, -0.25) is 4.98 Å². The van der Waals surface area contributed by atoms with Gasteiger partial charge in [-0.2, -0.15) is 0 Å². The minimum Gasteiger partial charge on any atom is -0.493 e. The van der Waals surface area contributed by atoms with Gasteiger partial charge in [0.05, 0.1) is 14.2 Å². The molecule has 0 amide bonds. The fourth-order valence-corrected chi connectivity index (χ4v) is 3.20. The van der Waals surface area contributed by atoms with Crippen LogP contribution < -0.4 is 14.2 Å². The summed E-state index contributed by atoms with van der Waals surface area (Å²) in [5, 5.41) is 0. The van der Waals surface area contributed by atoms with Crippen LogP contribution in [0.15, 0.2) is 85.1 Å². The van der Waals surface area contributed by atoms with Crippen molar-refractivity contribution in [2.75, 3.05) is 14.2 Å². The number of nitrogens with zero attached hydrogens (tertiary/aromatic N) is 1. The lowest BCUT2D eigenvalue weighted by Crippen LogP contribution is -2.01. The van der Waals surface area contributed by atoms with Gasteiger partial charge in [-0.1, -0.05) is 54.6 Å². The van der Waals surface area contributed by atoms with Crippen molar-refractivity contribution < 1.29 is 14.2 Å². The summed E-state index contributed by atoms with van der Waals surface area (Å²) in [5.74, 6) is 2.18. The van der Waals surface area contributed by atoms with Crippen LogP contribution in [0.3, 0.4) is 0 Å². The van der Waals surface area contributed by atoms with E-state index in [9.17, 15) is 0 Å². The first kappa shape index (κ1) is 22.2. The van der Waals surface area contributed by atoms with E-state index in [1.807, 2.05) is 55.5 Å². The molecular formula is C27H29NO3. The summed E-state index contributed by atoms with van der Waals surface area (Å²) in [7, 11) is 3.29. The lowest BCUT2D eigenvalue weighted by molar-refractivity contribution is 0.299. The maximum Gasteiger partial charge on any atom is 0.164 e. The van der Waals surface area contributed by atoms with Crippen LogP contribution in [-0.2, 0) is 6.61 Å². The van der Waals surface area contributed by atoms with Crippen molar-refractivity contribution in [3.05, 3.63) is 102 Å². The Bertz CT molecular complexity index is 1010. The molecule has 1 aliphatic rings. The molecule has 0 unspecified atom stereocenters. The Kier molecular flexibility index (Phi) is 8.29. The zero-order valence-corrected chi connectivity index (χ0v) is 18.4. The second-order valence-corrected chi connectivity index (χ2v) is 7.09. The molecular weight excluding hydrogens is 386 g/mol. The number of methoxy groups -OCH3 is 2. The molecule has 0 saturated heterocycles. The summed E-state index contributed by atoms with van der Waals surface area (Å²) >= 11 is 0. The van der Waals surface area contributed by atoms with E-state index >= 15 is 0 Å². The smallest absolute Gasteiger partial charge is 0.164 e. The zero-order valence-electron chi connectivity index (χ0n) is 18.4. The molecule has 160 valence electrons. The third kappa shape index (κ3) is 6.48. The molecule has 4 rings (SSSR count). The molecule has 0 N–H and O–H groups in total. The molecule has 1 aliphatic carbocycles. The molecule has 0 spiro atoms. The SMILES string of the molecule is COc1cc(OCc2ccccc2)c(C2=CCCC=C2)cc1OC.Cc1ccccn1. The zero-order chi connectivity index (χ0) is 21.9. The normalized spacial score (nSPS) is 12.3. The first-order valence-electron chi connectivity index (χ1n) is 10.4. The Hall–Kier alpha value is -3.53. The first-order chi connectivity index (χ1) is 15.2. The number of pyridine rings is 1. The van der Waals surface area contributed by atoms with Crippen molar-refractivity contribution in [1.82, 2.24) is 4.98 Å². The van der Waals surface area contributed by atoms with E-state index in [-0.39, 0.29) is 0 Å². The Balaban J connectivity index is 0.000000330. The average Bonchev–Trinajstić information content (AvgIpc) is 2.84. The molecule has 0 fully saturated rings. The van der Waals surface area contributed by atoms with Gasteiger partial charge in [-0.25, -0.2) is 0 Å². The van der Waals surface area contributed by atoms with Crippen molar-refractivity contribution in [3.8, 4) is 17.2 Å². The number of allylic oxidation sites excluding steroid dienone is 4. The van der Waals surface area contributed by atoms with Gasteiger partial charge in [0.2, 0.25) is 0 Å². The van der Waals surface area contributed by atoms with Gasteiger partial charge in [0.1, 0.15) is 12.4 Å². The Morgan fingerprint density at radius 3 is 2.16 bits per heavy atom. The van der Waals surface area contributed by atoms with E-state index in [0.717, 1.165) is 41.0 Å². The molecule has 0 aliphatic heterocycles. The summed E-state index contributed by atoms with van der Waals surface area (Å²) in [6.07, 6.45) is 10.5. The number of ether oxygens (including phenoxy) is 3. The van der Waals surface area contributed by atoms with Crippen LogP contribution in [0.25, 0.3) is 5.57 Å². The third-order valence-corrected chi connectivity index (χ3v) is 4.84. The minimum absolute atomic E-state index is 0.514. The molecule has 4 heteroatoms. The number of benzene rings is 2. The summed E-state index contributed by atoms with van der Waals surface area (Å²) < 4.78 is 17.0. The quantitative estimate of drug-likeness (QED) is 0.467. The number of rotatable bonds is 6. The summed E-state index contributed by atoms with van der Waals surface area (Å²) in [6.45, 7) is 2.49. The van der Waals surface area contributed by atoms with Crippen molar-refractivity contribution in [3.63, 3.8) is 0 Å². The number of hydrogen-bond donors (Lipinski definition) is 0. The van der Waals surface area contributed by atoms with Crippen LogP contribution in [0.4, 0.5) is 0 Å². The maximum atomic E-state index is 6.11.